The first-order valence-corrected chi connectivity index (χ1v) is 12.1. The number of aromatic nitrogens is 3. The Morgan fingerprint density at radius 2 is 1.97 bits per heavy atom. The van der Waals surface area contributed by atoms with E-state index in [2.05, 4.69) is 25.5 Å². The van der Waals surface area contributed by atoms with Gasteiger partial charge in [0.1, 0.15) is 11.6 Å². The van der Waals surface area contributed by atoms with Gasteiger partial charge in [-0.2, -0.15) is 0 Å². The predicted octanol–water partition coefficient (Wildman–Crippen LogP) is 2.80. The maximum Gasteiger partial charge on any atom is 0.259 e. The third-order valence-electron chi connectivity index (χ3n) is 6.26. The molecule has 0 aliphatic carbocycles. The van der Waals surface area contributed by atoms with E-state index in [-0.39, 0.29) is 11.5 Å². The van der Waals surface area contributed by atoms with E-state index in [1.807, 2.05) is 12.1 Å². The van der Waals surface area contributed by atoms with Crippen molar-refractivity contribution in [1.82, 2.24) is 25.2 Å². The van der Waals surface area contributed by atoms with Crippen LogP contribution in [0.15, 0.2) is 65.8 Å². The van der Waals surface area contributed by atoms with Gasteiger partial charge in [0.05, 0.1) is 37.0 Å². The number of anilines is 2. The molecule has 37 heavy (non-hydrogen) atoms. The van der Waals surface area contributed by atoms with Gasteiger partial charge in [-0.1, -0.05) is 0 Å². The third-order valence-corrected chi connectivity index (χ3v) is 6.26. The Labute approximate surface area is 213 Å². The molecule has 1 fully saturated rings. The molecular weight excluding hydrogens is 472 g/mol. The van der Waals surface area contributed by atoms with Gasteiger partial charge in [-0.3, -0.25) is 19.5 Å². The highest BCUT2D eigenvalue weighted by atomic mass is 16.5. The first-order valence-electron chi connectivity index (χ1n) is 12.1. The van der Waals surface area contributed by atoms with Crippen molar-refractivity contribution in [2.45, 2.75) is 0 Å². The molecule has 0 radical (unpaired) electrons. The van der Waals surface area contributed by atoms with Crippen molar-refractivity contribution in [2.24, 2.45) is 0 Å². The normalized spacial score (nSPS) is 13.9. The third kappa shape index (κ3) is 5.60. The number of benzene rings is 1. The number of carbonyl (C=O) groups is 1. The average molecular weight is 501 g/mol. The van der Waals surface area contributed by atoms with Crippen molar-refractivity contribution in [1.29, 1.82) is 0 Å². The van der Waals surface area contributed by atoms with Crippen LogP contribution in [-0.4, -0.2) is 72.3 Å². The summed E-state index contributed by atoms with van der Waals surface area (Å²) in [5.41, 5.74) is 2.31. The fourth-order valence-electron chi connectivity index (χ4n) is 4.29. The molecule has 1 amide bonds. The Morgan fingerprint density at radius 3 is 2.76 bits per heavy atom. The number of ether oxygens (including phenoxy) is 2. The minimum absolute atomic E-state index is 0.134. The molecule has 5 rings (SSSR count). The summed E-state index contributed by atoms with van der Waals surface area (Å²) in [5.74, 6) is 0.884. The van der Waals surface area contributed by atoms with Crippen LogP contribution < -0.4 is 20.9 Å². The Kier molecular flexibility index (Phi) is 7.38. The molecule has 0 atom stereocenters. The van der Waals surface area contributed by atoms with Crippen LogP contribution in [0.5, 0.6) is 5.75 Å². The van der Waals surface area contributed by atoms with E-state index in [0.717, 1.165) is 38.2 Å². The maximum atomic E-state index is 12.7. The van der Waals surface area contributed by atoms with Gasteiger partial charge in [0.25, 0.3) is 11.5 Å². The van der Waals surface area contributed by atoms with Gasteiger partial charge in [0.2, 0.25) is 0 Å². The van der Waals surface area contributed by atoms with Gasteiger partial charge in [0.15, 0.2) is 0 Å². The quantitative estimate of drug-likeness (QED) is 0.338. The molecule has 1 aliphatic rings. The molecule has 0 unspecified atom stereocenters. The Bertz CT molecular complexity index is 1450. The van der Waals surface area contributed by atoms with Gasteiger partial charge in [-0.05, 0) is 47.9 Å². The van der Waals surface area contributed by atoms with Crippen LogP contribution in [0.1, 0.15) is 10.4 Å². The molecule has 1 aromatic carbocycles. The Hall–Kier alpha value is -4.28. The average Bonchev–Trinajstić information content (AvgIpc) is 2.94. The van der Waals surface area contributed by atoms with Gasteiger partial charge in [-0.25, -0.2) is 4.98 Å². The number of hydrogen-bond acceptors (Lipinski definition) is 8. The molecule has 190 valence electrons. The number of carbonyl (C=O) groups excluding carboxylic acids is 1. The second kappa shape index (κ2) is 11.2. The zero-order chi connectivity index (χ0) is 25.6. The van der Waals surface area contributed by atoms with Crippen molar-refractivity contribution in [3.05, 3.63) is 77.0 Å². The Balaban J connectivity index is 1.35. The first-order chi connectivity index (χ1) is 18.1. The fraction of sp³-hybridized carbons (Fsp3) is 0.259. The number of hydrogen-bond donors (Lipinski definition) is 3. The lowest BCUT2D eigenvalue weighted by atomic mass is 10.1. The second-order valence-corrected chi connectivity index (χ2v) is 8.62. The number of methoxy groups -OCH3 is 1. The number of aromatic amines is 1. The molecule has 1 aliphatic heterocycles. The van der Waals surface area contributed by atoms with Crippen LogP contribution in [-0.2, 0) is 4.74 Å². The molecule has 4 heterocycles. The minimum Gasteiger partial charge on any atom is -0.496 e. The van der Waals surface area contributed by atoms with Crippen LogP contribution in [0.4, 0.5) is 11.5 Å². The molecular formula is C27H28N6O4. The summed E-state index contributed by atoms with van der Waals surface area (Å²) in [5, 5.41) is 7.36. The molecule has 3 aromatic heterocycles. The minimum atomic E-state index is -0.256. The SMILES string of the molecule is COc1ccncc1-c1cc2cc[nH]c(=O)c2c(Nc2ccc(C(=O)NCCN3CCOCC3)cc2)n1. The van der Waals surface area contributed by atoms with Crippen molar-refractivity contribution >= 4 is 28.2 Å². The topological polar surface area (TPSA) is 121 Å². The smallest absolute Gasteiger partial charge is 0.259 e. The summed E-state index contributed by atoms with van der Waals surface area (Å²) in [6, 6.07) is 12.5. The molecule has 10 heteroatoms. The van der Waals surface area contributed by atoms with E-state index in [9.17, 15) is 9.59 Å². The Morgan fingerprint density at radius 1 is 1.16 bits per heavy atom. The van der Waals surface area contributed by atoms with Crippen molar-refractivity contribution < 1.29 is 14.3 Å². The zero-order valence-corrected chi connectivity index (χ0v) is 20.5. The molecule has 0 saturated carbocycles. The number of morpholine rings is 1. The molecule has 0 bridgehead atoms. The first kappa shape index (κ1) is 24.4. The summed E-state index contributed by atoms with van der Waals surface area (Å²) in [6.07, 6.45) is 4.93. The highest BCUT2D eigenvalue weighted by Crippen LogP contribution is 2.32. The second-order valence-electron chi connectivity index (χ2n) is 8.62. The number of fused-ring (bicyclic) bond motifs is 1. The van der Waals surface area contributed by atoms with Crippen molar-refractivity contribution in [2.75, 3.05) is 51.8 Å². The van der Waals surface area contributed by atoms with E-state index >= 15 is 0 Å². The monoisotopic (exact) mass is 500 g/mol. The van der Waals surface area contributed by atoms with Crippen molar-refractivity contribution in [3.8, 4) is 17.0 Å². The van der Waals surface area contributed by atoms with E-state index in [4.69, 9.17) is 14.5 Å². The fourth-order valence-corrected chi connectivity index (χ4v) is 4.29. The molecule has 3 N–H and O–H groups in total. The van der Waals surface area contributed by atoms with E-state index in [0.29, 0.717) is 46.0 Å². The lowest BCUT2D eigenvalue weighted by molar-refractivity contribution is 0.0383. The summed E-state index contributed by atoms with van der Waals surface area (Å²) < 4.78 is 10.8. The van der Waals surface area contributed by atoms with Gasteiger partial charge >= 0.3 is 0 Å². The predicted molar refractivity (Wildman–Crippen MR) is 141 cm³/mol. The van der Waals surface area contributed by atoms with Crippen LogP contribution in [0.3, 0.4) is 0 Å². The number of pyridine rings is 3. The van der Waals surface area contributed by atoms with Crippen LogP contribution in [0.2, 0.25) is 0 Å². The number of amides is 1. The highest BCUT2D eigenvalue weighted by molar-refractivity contribution is 5.96. The van der Waals surface area contributed by atoms with E-state index < -0.39 is 0 Å². The molecule has 0 spiro atoms. The summed E-state index contributed by atoms with van der Waals surface area (Å²) in [7, 11) is 1.59. The van der Waals surface area contributed by atoms with E-state index in [1.165, 1.54) is 0 Å². The lowest BCUT2D eigenvalue weighted by Gasteiger charge is -2.26. The summed E-state index contributed by atoms with van der Waals surface area (Å²) in [6.45, 7) is 4.60. The summed E-state index contributed by atoms with van der Waals surface area (Å²) in [4.78, 5) is 39.2. The largest absolute Gasteiger partial charge is 0.496 e. The zero-order valence-electron chi connectivity index (χ0n) is 20.5. The van der Waals surface area contributed by atoms with Crippen LogP contribution in [0.25, 0.3) is 22.0 Å². The summed E-state index contributed by atoms with van der Waals surface area (Å²) >= 11 is 0. The number of H-pyrrole nitrogens is 1. The standard InChI is InChI=1S/C27H28N6O4/c1-36-23-7-8-28-17-21(23)22-16-19-6-9-29-27(35)24(19)25(32-22)31-20-4-2-18(3-5-20)26(34)30-10-11-33-12-14-37-15-13-33/h2-9,16-17H,10-15H2,1H3,(H,29,35)(H,30,34)(H,31,32). The van der Waals surface area contributed by atoms with Crippen LogP contribution in [0, 0.1) is 0 Å². The van der Waals surface area contributed by atoms with E-state index in [1.54, 1.807) is 56.0 Å². The van der Waals surface area contributed by atoms with Gasteiger partial charge in [0, 0.05) is 56.0 Å². The maximum absolute atomic E-state index is 12.7. The lowest BCUT2D eigenvalue weighted by Crippen LogP contribution is -2.41. The van der Waals surface area contributed by atoms with Gasteiger partial charge in [-0.15, -0.1) is 0 Å². The number of nitrogens with one attached hydrogen (secondary N) is 3. The molecule has 1 saturated heterocycles. The number of nitrogens with zero attached hydrogens (tertiary/aromatic N) is 3. The molecule has 10 nitrogen and oxygen atoms in total. The highest BCUT2D eigenvalue weighted by Gasteiger charge is 2.15. The van der Waals surface area contributed by atoms with Crippen LogP contribution >= 0.6 is 0 Å². The molecule has 4 aromatic rings. The van der Waals surface area contributed by atoms with Crippen molar-refractivity contribution in [3.63, 3.8) is 0 Å². The number of rotatable bonds is 8. The van der Waals surface area contributed by atoms with Gasteiger partial charge < -0.3 is 25.1 Å².